The van der Waals surface area contributed by atoms with Gasteiger partial charge < -0.3 is 15.1 Å². The van der Waals surface area contributed by atoms with Gasteiger partial charge in [0.05, 0.1) is 18.5 Å². The Balaban J connectivity index is 1.69. The monoisotopic (exact) mass is 298 g/mol. The highest BCUT2D eigenvalue weighted by Crippen LogP contribution is 2.31. The molecule has 0 saturated heterocycles. The molecule has 3 rings (SSSR count). The highest BCUT2D eigenvalue weighted by molar-refractivity contribution is 7.13. The molecule has 0 aliphatic carbocycles. The molecule has 5 heteroatoms. The Bertz CT molecular complexity index is 706. The molecule has 2 amide bonds. The van der Waals surface area contributed by atoms with Crippen molar-refractivity contribution < 1.29 is 9.21 Å². The normalized spacial score (nSPS) is 10.3. The van der Waals surface area contributed by atoms with E-state index in [-0.39, 0.29) is 6.03 Å². The lowest BCUT2D eigenvalue weighted by molar-refractivity contribution is 0.251. The van der Waals surface area contributed by atoms with Gasteiger partial charge in [-0.05, 0) is 29.6 Å². The number of amides is 2. The molecule has 21 heavy (non-hydrogen) atoms. The third-order valence-corrected chi connectivity index (χ3v) is 3.87. The van der Waals surface area contributed by atoms with Gasteiger partial charge in [0, 0.05) is 10.4 Å². The van der Waals surface area contributed by atoms with Gasteiger partial charge in [0.15, 0.2) is 0 Å². The summed E-state index contributed by atoms with van der Waals surface area (Å²) in [7, 11) is 0. The molecule has 0 spiro atoms. The smallest absolute Gasteiger partial charge is 0.319 e. The first-order valence-corrected chi connectivity index (χ1v) is 7.41. The van der Waals surface area contributed by atoms with Crippen molar-refractivity contribution in [3.63, 3.8) is 0 Å². The van der Waals surface area contributed by atoms with E-state index in [9.17, 15) is 4.79 Å². The molecule has 2 aromatic heterocycles. The fourth-order valence-corrected chi connectivity index (χ4v) is 2.75. The van der Waals surface area contributed by atoms with E-state index in [4.69, 9.17) is 4.42 Å². The highest BCUT2D eigenvalue weighted by atomic mass is 32.1. The van der Waals surface area contributed by atoms with E-state index in [1.165, 1.54) is 0 Å². The molecule has 0 atom stereocenters. The van der Waals surface area contributed by atoms with E-state index in [2.05, 4.69) is 10.6 Å². The van der Waals surface area contributed by atoms with E-state index in [0.29, 0.717) is 6.54 Å². The second-order valence-electron chi connectivity index (χ2n) is 4.41. The second kappa shape index (κ2) is 6.28. The average Bonchev–Trinajstić information content (AvgIpc) is 3.19. The average molecular weight is 298 g/mol. The fourth-order valence-electron chi connectivity index (χ4n) is 1.99. The lowest BCUT2D eigenvalue weighted by atomic mass is 10.1. The Hall–Kier alpha value is -2.53. The van der Waals surface area contributed by atoms with Crippen molar-refractivity contribution in [2.24, 2.45) is 0 Å². The van der Waals surface area contributed by atoms with E-state index >= 15 is 0 Å². The second-order valence-corrected chi connectivity index (χ2v) is 5.36. The van der Waals surface area contributed by atoms with Gasteiger partial charge in [-0.1, -0.05) is 24.3 Å². The Labute approximate surface area is 126 Å². The standard InChI is InChI=1S/C16H14N2O2S/c19-16(17-11-12-5-3-9-20-12)18-14-7-2-1-6-13(14)15-8-4-10-21-15/h1-10H,11H2,(H2,17,18,19). The first kappa shape index (κ1) is 13.5. The summed E-state index contributed by atoms with van der Waals surface area (Å²) in [5.41, 5.74) is 1.80. The van der Waals surface area contributed by atoms with E-state index in [1.54, 1.807) is 23.7 Å². The summed E-state index contributed by atoms with van der Waals surface area (Å²) in [6.07, 6.45) is 1.58. The number of hydrogen-bond acceptors (Lipinski definition) is 3. The largest absolute Gasteiger partial charge is 0.467 e. The molecular formula is C16H14N2O2S. The van der Waals surface area contributed by atoms with Crippen LogP contribution in [0.15, 0.2) is 64.6 Å². The number of para-hydroxylation sites is 1. The molecule has 0 aliphatic rings. The zero-order valence-corrected chi connectivity index (χ0v) is 12.0. The van der Waals surface area contributed by atoms with Crippen LogP contribution < -0.4 is 10.6 Å². The van der Waals surface area contributed by atoms with Crippen LogP contribution in [0.3, 0.4) is 0 Å². The number of carbonyl (C=O) groups is 1. The molecule has 3 aromatic rings. The minimum absolute atomic E-state index is 0.254. The van der Waals surface area contributed by atoms with Gasteiger partial charge in [-0.2, -0.15) is 0 Å². The summed E-state index contributed by atoms with van der Waals surface area (Å²) in [4.78, 5) is 13.1. The molecular weight excluding hydrogens is 284 g/mol. The first-order chi connectivity index (χ1) is 10.3. The quantitative estimate of drug-likeness (QED) is 0.753. The van der Waals surface area contributed by atoms with Gasteiger partial charge in [-0.25, -0.2) is 4.79 Å². The van der Waals surface area contributed by atoms with Crippen molar-refractivity contribution in [2.45, 2.75) is 6.54 Å². The number of furan rings is 1. The van der Waals surface area contributed by atoms with Gasteiger partial charge in [-0.15, -0.1) is 11.3 Å². The predicted molar refractivity (Wildman–Crippen MR) is 84.3 cm³/mol. The van der Waals surface area contributed by atoms with Gasteiger partial charge in [0.2, 0.25) is 0 Å². The van der Waals surface area contributed by atoms with Crippen molar-refractivity contribution >= 4 is 23.1 Å². The Kier molecular flexibility index (Phi) is 4.02. The van der Waals surface area contributed by atoms with Crippen molar-refractivity contribution in [3.8, 4) is 10.4 Å². The predicted octanol–water partition coefficient (Wildman–Crippen LogP) is 4.33. The number of anilines is 1. The summed E-state index contributed by atoms with van der Waals surface area (Å²) in [6, 6.07) is 15.1. The number of urea groups is 1. The molecule has 0 aliphatic heterocycles. The number of hydrogen-bond donors (Lipinski definition) is 2. The maximum absolute atomic E-state index is 12.0. The van der Waals surface area contributed by atoms with Crippen LogP contribution in [0.2, 0.25) is 0 Å². The number of benzene rings is 1. The van der Waals surface area contributed by atoms with Crippen molar-refractivity contribution in [1.29, 1.82) is 0 Å². The minimum atomic E-state index is -0.254. The molecule has 1 aromatic carbocycles. The van der Waals surface area contributed by atoms with E-state index in [0.717, 1.165) is 21.9 Å². The van der Waals surface area contributed by atoms with Crippen molar-refractivity contribution in [3.05, 3.63) is 65.9 Å². The van der Waals surface area contributed by atoms with Crippen LogP contribution in [0.1, 0.15) is 5.76 Å². The number of nitrogens with one attached hydrogen (secondary N) is 2. The zero-order chi connectivity index (χ0) is 14.5. The molecule has 2 heterocycles. The van der Waals surface area contributed by atoms with Gasteiger partial charge in [-0.3, -0.25) is 0 Å². The van der Waals surface area contributed by atoms with Crippen LogP contribution in [0.25, 0.3) is 10.4 Å². The van der Waals surface area contributed by atoms with Gasteiger partial charge in [0.25, 0.3) is 0 Å². The fraction of sp³-hybridized carbons (Fsp3) is 0.0625. The number of carbonyl (C=O) groups excluding carboxylic acids is 1. The molecule has 0 saturated carbocycles. The van der Waals surface area contributed by atoms with Gasteiger partial charge in [0.1, 0.15) is 5.76 Å². The van der Waals surface area contributed by atoms with E-state index < -0.39 is 0 Å². The van der Waals surface area contributed by atoms with Crippen LogP contribution in [-0.2, 0) is 6.54 Å². The Morgan fingerprint density at radius 3 is 2.76 bits per heavy atom. The summed E-state index contributed by atoms with van der Waals surface area (Å²) in [6.45, 7) is 0.361. The molecule has 0 unspecified atom stereocenters. The summed E-state index contributed by atoms with van der Waals surface area (Å²) >= 11 is 1.64. The molecule has 0 fully saturated rings. The molecule has 2 N–H and O–H groups in total. The van der Waals surface area contributed by atoms with E-state index in [1.807, 2.05) is 47.8 Å². The minimum Gasteiger partial charge on any atom is -0.467 e. The zero-order valence-electron chi connectivity index (χ0n) is 11.2. The van der Waals surface area contributed by atoms with Crippen LogP contribution >= 0.6 is 11.3 Å². The Morgan fingerprint density at radius 1 is 1.10 bits per heavy atom. The van der Waals surface area contributed by atoms with Crippen molar-refractivity contribution in [1.82, 2.24) is 5.32 Å². The maximum Gasteiger partial charge on any atom is 0.319 e. The molecule has 0 radical (unpaired) electrons. The lowest BCUT2D eigenvalue weighted by Crippen LogP contribution is -2.28. The summed E-state index contributed by atoms with van der Waals surface area (Å²) < 4.78 is 5.18. The molecule has 106 valence electrons. The van der Waals surface area contributed by atoms with Crippen LogP contribution in [0.4, 0.5) is 10.5 Å². The Morgan fingerprint density at radius 2 is 2.00 bits per heavy atom. The summed E-state index contributed by atoms with van der Waals surface area (Å²) in [5, 5.41) is 7.66. The van der Waals surface area contributed by atoms with Gasteiger partial charge >= 0.3 is 6.03 Å². The van der Waals surface area contributed by atoms with Crippen LogP contribution in [0, 0.1) is 0 Å². The number of rotatable bonds is 4. The van der Waals surface area contributed by atoms with Crippen molar-refractivity contribution in [2.75, 3.05) is 5.32 Å². The van der Waals surface area contributed by atoms with Crippen LogP contribution in [0.5, 0.6) is 0 Å². The number of thiophene rings is 1. The summed E-state index contributed by atoms with van der Waals surface area (Å²) in [5.74, 6) is 0.719. The van der Waals surface area contributed by atoms with Crippen LogP contribution in [-0.4, -0.2) is 6.03 Å². The molecule has 4 nitrogen and oxygen atoms in total. The highest BCUT2D eigenvalue weighted by Gasteiger charge is 2.08. The third-order valence-electron chi connectivity index (χ3n) is 2.97. The lowest BCUT2D eigenvalue weighted by Gasteiger charge is -2.10. The molecule has 0 bridgehead atoms. The SMILES string of the molecule is O=C(NCc1ccco1)Nc1ccccc1-c1cccs1. The maximum atomic E-state index is 12.0. The topological polar surface area (TPSA) is 54.3 Å². The first-order valence-electron chi connectivity index (χ1n) is 6.53. The third kappa shape index (κ3) is 3.32.